The van der Waals surface area contributed by atoms with Crippen LogP contribution in [0.15, 0.2) is 18.2 Å². The van der Waals surface area contributed by atoms with Crippen LogP contribution in [0.1, 0.15) is 77.1 Å². The van der Waals surface area contributed by atoms with Crippen LogP contribution in [0.2, 0.25) is 0 Å². The Bertz CT molecular complexity index is 848. The van der Waals surface area contributed by atoms with Gasteiger partial charge in [-0.15, -0.1) is 0 Å². The van der Waals surface area contributed by atoms with Crippen LogP contribution < -0.4 is 25.8 Å². The van der Waals surface area contributed by atoms with E-state index in [2.05, 4.69) is 31.4 Å². The van der Waals surface area contributed by atoms with Crippen molar-refractivity contribution in [2.24, 2.45) is 29.4 Å². The minimum Gasteiger partial charge on any atom is -0.497 e. The van der Waals surface area contributed by atoms with Crippen molar-refractivity contribution in [2.75, 3.05) is 40.5 Å². The highest BCUT2D eigenvalue weighted by Crippen LogP contribution is 2.26. The summed E-state index contributed by atoms with van der Waals surface area (Å²) >= 11 is 0. The molecule has 9 heteroatoms. The van der Waals surface area contributed by atoms with Crippen molar-refractivity contribution in [1.82, 2.24) is 10.6 Å². The maximum Gasteiger partial charge on any atom is 0.255 e. The standard InChI is InChI=1S/C30H53N3O6/c1-8-9-13-32-30(36)25(21(4)5)18-27(34)26(31)16-22(20(2)3)19-33-29(35)24-12-11-23(38-7)17-28(24)39-15-10-14-37-6/h11-12,17,20-22,25-27,34H,8-10,13-16,18-19,31H2,1-7H3,(H,32,36)(H,33,35)/t22-,25+,26+,27+/m1/s1. The predicted molar refractivity (Wildman–Crippen MR) is 155 cm³/mol. The average molecular weight is 552 g/mol. The van der Waals surface area contributed by atoms with Crippen LogP contribution in [-0.2, 0) is 9.53 Å². The minimum absolute atomic E-state index is 0.0305. The summed E-state index contributed by atoms with van der Waals surface area (Å²) in [6.45, 7) is 12.2. The van der Waals surface area contributed by atoms with Gasteiger partial charge in [0.2, 0.25) is 5.91 Å². The number of benzene rings is 1. The quantitative estimate of drug-likeness (QED) is 0.181. The Labute approximate surface area is 235 Å². The number of carbonyl (C=O) groups excluding carboxylic acids is 2. The molecule has 0 aliphatic carbocycles. The number of nitrogens with two attached hydrogens (primary N) is 1. The number of hydrogen-bond acceptors (Lipinski definition) is 7. The lowest BCUT2D eigenvalue weighted by molar-refractivity contribution is -0.127. The van der Waals surface area contributed by atoms with E-state index in [0.29, 0.717) is 62.6 Å². The molecule has 9 nitrogen and oxygen atoms in total. The smallest absolute Gasteiger partial charge is 0.255 e. The molecule has 0 spiro atoms. The monoisotopic (exact) mass is 551 g/mol. The number of amides is 2. The van der Waals surface area contributed by atoms with Crippen molar-refractivity contribution in [3.05, 3.63) is 23.8 Å². The molecule has 5 N–H and O–H groups in total. The fourth-order valence-electron chi connectivity index (χ4n) is 4.38. The van der Waals surface area contributed by atoms with Crippen LogP contribution >= 0.6 is 0 Å². The summed E-state index contributed by atoms with van der Waals surface area (Å²) in [4.78, 5) is 25.8. The molecule has 0 bridgehead atoms. The van der Waals surface area contributed by atoms with Crippen molar-refractivity contribution in [3.8, 4) is 11.5 Å². The van der Waals surface area contributed by atoms with E-state index < -0.39 is 12.1 Å². The molecule has 1 rings (SSSR count). The zero-order valence-corrected chi connectivity index (χ0v) is 25.1. The number of rotatable bonds is 20. The lowest BCUT2D eigenvalue weighted by atomic mass is 9.83. The molecule has 0 heterocycles. The summed E-state index contributed by atoms with van der Waals surface area (Å²) in [5.74, 6) is 0.822. The summed E-state index contributed by atoms with van der Waals surface area (Å²) < 4.78 is 16.2. The molecular weight excluding hydrogens is 498 g/mol. The summed E-state index contributed by atoms with van der Waals surface area (Å²) in [5, 5.41) is 16.9. The molecule has 1 aromatic carbocycles. The van der Waals surface area contributed by atoms with Crippen molar-refractivity contribution in [2.45, 2.75) is 78.9 Å². The highest BCUT2D eigenvalue weighted by molar-refractivity contribution is 5.97. The van der Waals surface area contributed by atoms with E-state index in [4.69, 9.17) is 19.9 Å². The number of carbonyl (C=O) groups is 2. The van der Waals surface area contributed by atoms with Gasteiger partial charge in [-0.3, -0.25) is 9.59 Å². The van der Waals surface area contributed by atoms with E-state index in [1.54, 1.807) is 32.4 Å². The van der Waals surface area contributed by atoms with Crippen molar-refractivity contribution >= 4 is 11.8 Å². The Morgan fingerprint density at radius 2 is 1.72 bits per heavy atom. The van der Waals surface area contributed by atoms with E-state index in [-0.39, 0.29) is 35.5 Å². The van der Waals surface area contributed by atoms with Crippen molar-refractivity contribution < 1.29 is 28.9 Å². The number of nitrogens with one attached hydrogen (secondary N) is 2. The third-order valence-electron chi connectivity index (χ3n) is 7.19. The SMILES string of the molecule is CCCCNC(=O)[C@@H](C[C@H](O)[C@@H](N)C[C@H](CNC(=O)c1ccc(OC)cc1OCCCOC)C(C)C)C(C)C. The van der Waals surface area contributed by atoms with Gasteiger partial charge in [0.15, 0.2) is 0 Å². The Morgan fingerprint density at radius 1 is 1.00 bits per heavy atom. The molecule has 0 fully saturated rings. The average Bonchev–Trinajstić information content (AvgIpc) is 2.91. The van der Waals surface area contributed by atoms with Crippen molar-refractivity contribution in [1.29, 1.82) is 0 Å². The van der Waals surface area contributed by atoms with Crippen LogP contribution in [0.3, 0.4) is 0 Å². The summed E-state index contributed by atoms with van der Waals surface area (Å²) in [5.41, 5.74) is 6.87. The normalized spacial score (nSPS) is 14.5. The maximum atomic E-state index is 13.1. The Hall–Kier alpha value is -2.36. The molecule has 0 unspecified atom stereocenters. The number of hydrogen-bond donors (Lipinski definition) is 4. The first-order chi connectivity index (χ1) is 18.5. The van der Waals surface area contributed by atoms with Crippen LogP contribution in [0, 0.1) is 23.7 Å². The molecule has 0 aromatic heterocycles. The molecule has 2 amide bonds. The molecule has 39 heavy (non-hydrogen) atoms. The van der Waals surface area contributed by atoms with Gasteiger partial charge >= 0.3 is 0 Å². The summed E-state index contributed by atoms with van der Waals surface area (Å²) in [6, 6.07) is 4.61. The van der Waals surface area contributed by atoms with Gasteiger partial charge in [0.05, 0.1) is 25.4 Å². The number of methoxy groups -OCH3 is 2. The Kier molecular flexibility index (Phi) is 16.7. The molecule has 0 radical (unpaired) electrons. The lowest BCUT2D eigenvalue weighted by Crippen LogP contribution is -2.44. The molecule has 224 valence electrons. The lowest BCUT2D eigenvalue weighted by Gasteiger charge is -2.30. The first-order valence-electron chi connectivity index (χ1n) is 14.3. The third-order valence-corrected chi connectivity index (χ3v) is 7.19. The fraction of sp³-hybridized carbons (Fsp3) is 0.733. The van der Waals surface area contributed by atoms with E-state index in [9.17, 15) is 14.7 Å². The number of unbranched alkanes of at least 4 members (excludes halogenated alkanes) is 1. The van der Waals surface area contributed by atoms with E-state index in [1.165, 1.54) is 0 Å². The zero-order chi connectivity index (χ0) is 29.4. The van der Waals surface area contributed by atoms with Crippen LogP contribution in [0.4, 0.5) is 0 Å². The van der Waals surface area contributed by atoms with E-state index >= 15 is 0 Å². The van der Waals surface area contributed by atoms with Gasteiger partial charge in [0.25, 0.3) is 5.91 Å². The Balaban J connectivity index is 2.80. The van der Waals surface area contributed by atoms with Crippen LogP contribution in [-0.4, -0.2) is 69.6 Å². The molecule has 0 aliphatic rings. The van der Waals surface area contributed by atoms with Crippen LogP contribution in [0.25, 0.3) is 0 Å². The van der Waals surface area contributed by atoms with Gasteiger partial charge in [0, 0.05) is 51.3 Å². The highest BCUT2D eigenvalue weighted by Gasteiger charge is 2.29. The molecule has 0 saturated carbocycles. The second kappa shape index (κ2) is 18.8. The molecular formula is C30H53N3O6. The van der Waals surface area contributed by atoms with Gasteiger partial charge in [-0.05, 0) is 49.1 Å². The van der Waals surface area contributed by atoms with Gasteiger partial charge in [-0.25, -0.2) is 0 Å². The minimum atomic E-state index is -0.819. The van der Waals surface area contributed by atoms with E-state index in [0.717, 1.165) is 12.8 Å². The molecule has 0 saturated heterocycles. The fourth-order valence-corrected chi connectivity index (χ4v) is 4.38. The Morgan fingerprint density at radius 3 is 2.31 bits per heavy atom. The predicted octanol–water partition coefficient (Wildman–Crippen LogP) is 3.77. The second-order valence-electron chi connectivity index (χ2n) is 11.0. The first kappa shape index (κ1) is 34.7. The third kappa shape index (κ3) is 12.6. The van der Waals surface area contributed by atoms with E-state index in [1.807, 2.05) is 13.8 Å². The second-order valence-corrected chi connectivity index (χ2v) is 11.0. The molecule has 1 aromatic rings. The van der Waals surface area contributed by atoms with Gasteiger partial charge < -0.3 is 35.7 Å². The van der Waals surface area contributed by atoms with Gasteiger partial charge in [0.1, 0.15) is 11.5 Å². The maximum absolute atomic E-state index is 13.1. The van der Waals surface area contributed by atoms with Crippen molar-refractivity contribution in [3.63, 3.8) is 0 Å². The van der Waals surface area contributed by atoms with Gasteiger partial charge in [-0.1, -0.05) is 41.0 Å². The number of aliphatic hydroxyl groups excluding tert-OH is 1. The topological polar surface area (TPSA) is 132 Å². The zero-order valence-electron chi connectivity index (χ0n) is 25.1. The molecule has 4 atom stereocenters. The summed E-state index contributed by atoms with van der Waals surface area (Å²) in [6.07, 6.45) is 2.64. The first-order valence-corrected chi connectivity index (χ1v) is 14.3. The van der Waals surface area contributed by atoms with Gasteiger partial charge in [-0.2, -0.15) is 0 Å². The molecule has 0 aliphatic heterocycles. The number of aliphatic hydroxyl groups is 1. The summed E-state index contributed by atoms with van der Waals surface area (Å²) in [7, 11) is 3.20. The van der Waals surface area contributed by atoms with Crippen LogP contribution in [0.5, 0.6) is 11.5 Å². The highest BCUT2D eigenvalue weighted by atomic mass is 16.5. The largest absolute Gasteiger partial charge is 0.497 e. The number of ether oxygens (including phenoxy) is 3.